The van der Waals surface area contributed by atoms with Gasteiger partial charge in [-0.25, -0.2) is 4.98 Å². The molecule has 0 amide bonds. The van der Waals surface area contributed by atoms with Crippen LogP contribution in [-0.4, -0.2) is 22.8 Å². The topological polar surface area (TPSA) is 53.1 Å². The number of aryl methyl sites for hydroxylation is 2. The van der Waals surface area contributed by atoms with Crippen molar-refractivity contribution in [2.45, 2.75) is 39.2 Å². The van der Waals surface area contributed by atoms with Gasteiger partial charge in [-0.2, -0.15) is 0 Å². The van der Waals surface area contributed by atoms with Gasteiger partial charge in [0, 0.05) is 31.9 Å². The van der Waals surface area contributed by atoms with Gasteiger partial charge in [-0.1, -0.05) is 6.92 Å². The molecule has 1 saturated carbocycles. The number of hydrogen-bond acceptors (Lipinski definition) is 3. The summed E-state index contributed by atoms with van der Waals surface area (Å²) in [4.78, 5) is 4.67. The van der Waals surface area contributed by atoms with Crippen molar-refractivity contribution in [1.29, 1.82) is 0 Å². The van der Waals surface area contributed by atoms with Crippen molar-refractivity contribution < 1.29 is 4.74 Å². The number of benzene rings is 1. The van der Waals surface area contributed by atoms with E-state index in [0.717, 1.165) is 55.5 Å². The van der Waals surface area contributed by atoms with E-state index in [4.69, 9.17) is 10.5 Å². The van der Waals surface area contributed by atoms with Gasteiger partial charge >= 0.3 is 0 Å². The second-order valence-corrected chi connectivity index (χ2v) is 5.65. The summed E-state index contributed by atoms with van der Waals surface area (Å²) in [6.45, 7) is 4.90. The molecule has 4 heteroatoms. The number of imidazole rings is 1. The number of anilines is 1. The number of fused-ring (bicyclic) bond motifs is 1. The summed E-state index contributed by atoms with van der Waals surface area (Å²) in [5.41, 5.74) is 8.78. The molecule has 0 bridgehead atoms. The van der Waals surface area contributed by atoms with Crippen molar-refractivity contribution in [3.63, 3.8) is 0 Å². The van der Waals surface area contributed by atoms with E-state index in [0.29, 0.717) is 0 Å². The first kappa shape index (κ1) is 13.4. The smallest absolute Gasteiger partial charge is 0.109 e. The van der Waals surface area contributed by atoms with Crippen molar-refractivity contribution in [1.82, 2.24) is 9.55 Å². The summed E-state index contributed by atoms with van der Waals surface area (Å²) in [6, 6.07) is 5.97. The molecule has 1 fully saturated rings. The van der Waals surface area contributed by atoms with E-state index in [2.05, 4.69) is 22.5 Å². The van der Waals surface area contributed by atoms with Crippen LogP contribution in [0.15, 0.2) is 18.2 Å². The minimum atomic E-state index is 0.776. The van der Waals surface area contributed by atoms with Crippen LogP contribution in [0.2, 0.25) is 0 Å². The fraction of sp³-hybridized carbons (Fsp3) is 0.562. The zero-order chi connectivity index (χ0) is 13.9. The van der Waals surface area contributed by atoms with Gasteiger partial charge in [0.15, 0.2) is 0 Å². The molecule has 1 aliphatic rings. The molecule has 0 aliphatic heterocycles. The highest BCUT2D eigenvalue weighted by atomic mass is 16.5. The first-order chi connectivity index (χ1) is 9.78. The zero-order valence-corrected chi connectivity index (χ0v) is 12.1. The van der Waals surface area contributed by atoms with Crippen LogP contribution in [0, 0.1) is 5.92 Å². The molecule has 108 valence electrons. The Hall–Kier alpha value is -1.55. The van der Waals surface area contributed by atoms with Gasteiger partial charge in [0.2, 0.25) is 0 Å². The van der Waals surface area contributed by atoms with Gasteiger partial charge in [-0.3, -0.25) is 0 Å². The van der Waals surface area contributed by atoms with Gasteiger partial charge in [0.25, 0.3) is 0 Å². The van der Waals surface area contributed by atoms with Gasteiger partial charge in [-0.05, 0) is 43.4 Å². The van der Waals surface area contributed by atoms with E-state index in [1.807, 2.05) is 12.1 Å². The fourth-order valence-electron chi connectivity index (χ4n) is 2.58. The summed E-state index contributed by atoms with van der Waals surface area (Å²) in [5.74, 6) is 1.98. The maximum absolute atomic E-state index is 5.83. The molecule has 20 heavy (non-hydrogen) atoms. The van der Waals surface area contributed by atoms with Crippen LogP contribution in [0.4, 0.5) is 5.69 Å². The predicted molar refractivity (Wildman–Crippen MR) is 81.7 cm³/mol. The molecule has 1 aromatic carbocycles. The van der Waals surface area contributed by atoms with Crippen LogP contribution < -0.4 is 5.73 Å². The SMILES string of the molecule is CCc1nc2cc(N)ccc2n1CCCOCC1CC1. The highest BCUT2D eigenvalue weighted by Crippen LogP contribution is 2.28. The molecule has 0 unspecified atom stereocenters. The molecule has 0 radical (unpaired) electrons. The van der Waals surface area contributed by atoms with E-state index >= 15 is 0 Å². The van der Waals surface area contributed by atoms with Crippen LogP contribution in [0.3, 0.4) is 0 Å². The summed E-state index contributed by atoms with van der Waals surface area (Å²) in [7, 11) is 0. The van der Waals surface area contributed by atoms with E-state index in [-0.39, 0.29) is 0 Å². The Morgan fingerprint density at radius 2 is 2.25 bits per heavy atom. The summed E-state index contributed by atoms with van der Waals surface area (Å²) in [6.07, 6.45) is 4.69. The minimum absolute atomic E-state index is 0.776. The van der Waals surface area contributed by atoms with Gasteiger partial charge in [0.05, 0.1) is 11.0 Å². The highest BCUT2D eigenvalue weighted by Gasteiger charge is 2.20. The van der Waals surface area contributed by atoms with Crippen molar-refractivity contribution in [2.75, 3.05) is 18.9 Å². The number of hydrogen-bond donors (Lipinski definition) is 1. The Balaban J connectivity index is 1.65. The molecule has 1 heterocycles. The molecule has 1 aliphatic carbocycles. The zero-order valence-electron chi connectivity index (χ0n) is 12.1. The van der Waals surface area contributed by atoms with Crippen molar-refractivity contribution in [3.05, 3.63) is 24.0 Å². The quantitative estimate of drug-likeness (QED) is 0.623. The Morgan fingerprint density at radius 1 is 1.40 bits per heavy atom. The number of ether oxygens (including phenoxy) is 1. The molecule has 2 aromatic rings. The molecule has 3 rings (SSSR count). The first-order valence-electron chi connectivity index (χ1n) is 7.60. The van der Waals surface area contributed by atoms with Crippen molar-refractivity contribution in [2.24, 2.45) is 5.92 Å². The number of aromatic nitrogens is 2. The Bertz CT molecular complexity index is 587. The third-order valence-corrected chi connectivity index (χ3v) is 3.89. The summed E-state index contributed by atoms with van der Waals surface area (Å²) < 4.78 is 8.01. The van der Waals surface area contributed by atoms with Crippen LogP contribution in [0.1, 0.15) is 32.0 Å². The Labute approximate surface area is 119 Å². The fourth-order valence-corrected chi connectivity index (χ4v) is 2.58. The average molecular weight is 273 g/mol. The van der Waals surface area contributed by atoms with Crippen LogP contribution in [0.5, 0.6) is 0 Å². The van der Waals surface area contributed by atoms with Crippen LogP contribution >= 0.6 is 0 Å². The molecule has 0 saturated heterocycles. The lowest BCUT2D eigenvalue weighted by molar-refractivity contribution is 0.119. The lowest BCUT2D eigenvalue weighted by Gasteiger charge is -2.08. The Morgan fingerprint density at radius 3 is 3.00 bits per heavy atom. The number of rotatable bonds is 7. The van der Waals surface area contributed by atoms with E-state index < -0.39 is 0 Å². The lowest BCUT2D eigenvalue weighted by Crippen LogP contribution is -2.07. The Kier molecular flexibility index (Phi) is 3.92. The summed E-state index contributed by atoms with van der Waals surface area (Å²) >= 11 is 0. The number of nitrogens with zero attached hydrogens (tertiary/aromatic N) is 2. The third-order valence-electron chi connectivity index (χ3n) is 3.89. The normalized spacial score (nSPS) is 15.1. The van der Waals surface area contributed by atoms with Crippen molar-refractivity contribution >= 4 is 16.7 Å². The molecule has 0 atom stereocenters. The standard InChI is InChI=1S/C16H23N3O/c1-2-16-18-14-10-13(17)6-7-15(14)19(16)8-3-9-20-11-12-4-5-12/h6-7,10,12H,2-5,8-9,11,17H2,1H3. The number of nitrogens with two attached hydrogens (primary N) is 1. The second-order valence-electron chi connectivity index (χ2n) is 5.65. The second kappa shape index (κ2) is 5.83. The van der Waals surface area contributed by atoms with Crippen molar-refractivity contribution in [3.8, 4) is 0 Å². The third kappa shape index (κ3) is 2.96. The monoisotopic (exact) mass is 273 g/mol. The number of nitrogen functional groups attached to an aromatic ring is 1. The predicted octanol–water partition coefficient (Wildman–Crippen LogP) is 3.00. The molecule has 4 nitrogen and oxygen atoms in total. The molecular formula is C16H23N3O. The molecular weight excluding hydrogens is 250 g/mol. The van der Waals surface area contributed by atoms with Gasteiger partial charge < -0.3 is 15.0 Å². The highest BCUT2D eigenvalue weighted by molar-refractivity contribution is 5.79. The van der Waals surface area contributed by atoms with E-state index in [9.17, 15) is 0 Å². The largest absolute Gasteiger partial charge is 0.399 e. The van der Waals surface area contributed by atoms with Crippen LogP contribution in [-0.2, 0) is 17.7 Å². The first-order valence-corrected chi connectivity index (χ1v) is 7.60. The average Bonchev–Trinajstić information content (AvgIpc) is 3.20. The molecule has 0 spiro atoms. The maximum Gasteiger partial charge on any atom is 0.109 e. The van der Waals surface area contributed by atoms with Gasteiger partial charge in [0.1, 0.15) is 5.82 Å². The van der Waals surface area contributed by atoms with Gasteiger partial charge in [-0.15, -0.1) is 0 Å². The maximum atomic E-state index is 5.83. The van der Waals surface area contributed by atoms with E-state index in [1.54, 1.807) is 0 Å². The molecule has 1 aromatic heterocycles. The lowest BCUT2D eigenvalue weighted by atomic mass is 10.3. The van der Waals surface area contributed by atoms with E-state index in [1.165, 1.54) is 18.4 Å². The van der Waals surface area contributed by atoms with Crippen LogP contribution in [0.25, 0.3) is 11.0 Å². The summed E-state index contributed by atoms with van der Waals surface area (Å²) in [5, 5.41) is 0. The minimum Gasteiger partial charge on any atom is -0.399 e. The molecule has 2 N–H and O–H groups in total.